The lowest BCUT2D eigenvalue weighted by Crippen LogP contribution is -2.34. The lowest BCUT2D eigenvalue weighted by molar-refractivity contribution is 0.295. The minimum absolute atomic E-state index is 0. The number of methoxy groups -OCH3 is 2. The number of benzene rings is 1. The second-order valence-electron chi connectivity index (χ2n) is 5.60. The zero-order valence-electron chi connectivity index (χ0n) is 13.5. The summed E-state index contributed by atoms with van der Waals surface area (Å²) in [7, 11) is 3.22. The van der Waals surface area contributed by atoms with Crippen LogP contribution in [-0.2, 0) is 0 Å². The van der Waals surface area contributed by atoms with Crippen molar-refractivity contribution in [1.82, 2.24) is 15.5 Å². The molecule has 0 radical (unpaired) electrons. The lowest BCUT2D eigenvalue weighted by Gasteiger charge is -2.25. The predicted octanol–water partition coefficient (Wildman–Crippen LogP) is 3.03. The minimum atomic E-state index is 0. The molecule has 1 N–H and O–H groups in total. The molecule has 1 aromatic carbocycles. The molecule has 7 heteroatoms. The van der Waals surface area contributed by atoms with E-state index in [0.717, 1.165) is 30.8 Å². The highest BCUT2D eigenvalue weighted by Crippen LogP contribution is 2.32. The number of halogens is 1. The number of ether oxygens (including phenoxy) is 2. The summed E-state index contributed by atoms with van der Waals surface area (Å²) in [5.74, 6) is 2.97. The fraction of sp³-hybridized carbons (Fsp3) is 0.500. The van der Waals surface area contributed by atoms with Crippen LogP contribution in [-0.4, -0.2) is 36.9 Å². The normalized spacial score (nSPS) is 20.7. The van der Waals surface area contributed by atoms with Crippen LogP contribution in [0.2, 0.25) is 0 Å². The van der Waals surface area contributed by atoms with Crippen LogP contribution >= 0.6 is 12.4 Å². The van der Waals surface area contributed by atoms with Gasteiger partial charge in [0.05, 0.1) is 14.2 Å². The Bertz CT molecular complexity index is 647. The summed E-state index contributed by atoms with van der Waals surface area (Å²) in [6, 6.07) is 6.09. The predicted molar refractivity (Wildman–Crippen MR) is 89.5 cm³/mol. The van der Waals surface area contributed by atoms with E-state index in [2.05, 4.69) is 22.4 Å². The van der Waals surface area contributed by atoms with Crippen molar-refractivity contribution in [2.45, 2.75) is 31.7 Å². The van der Waals surface area contributed by atoms with Crippen molar-refractivity contribution in [2.75, 3.05) is 20.8 Å². The Morgan fingerprint density at radius 3 is 2.70 bits per heavy atom. The summed E-state index contributed by atoms with van der Waals surface area (Å²) < 4.78 is 16.0. The first-order valence-electron chi connectivity index (χ1n) is 7.50. The summed E-state index contributed by atoms with van der Waals surface area (Å²) in [4.78, 5) is 4.57. The molecule has 6 nitrogen and oxygen atoms in total. The Hall–Kier alpha value is -1.79. The third-order valence-corrected chi connectivity index (χ3v) is 4.06. The molecule has 2 aromatic rings. The van der Waals surface area contributed by atoms with Crippen LogP contribution in [0.4, 0.5) is 0 Å². The third kappa shape index (κ3) is 3.76. The number of nitrogens with one attached hydrogen (secondary N) is 1. The van der Waals surface area contributed by atoms with Crippen molar-refractivity contribution < 1.29 is 14.0 Å². The summed E-state index contributed by atoms with van der Waals surface area (Å²) >= 11 is 0. The van der Waals surface area contributed by atoms with Gasteiger partial charge in [-0.25, -0.2) is 0 Å². The average molecular weight is 340 g/mol. The molecule has 0 amide bonds. The van der Waals surface area contributed by atoms with Crippen molar-refractivity contribution in [1.29, 1.82) is 0 Å². The van der Waals surface area contributed by atoms with E-state index in [1.54, 1.807) is 14.2 Å². The van der Waals surface area contributed by atoms with E-state index >= 15 is 0 Å². The van der Waals surface area contributed by atoms with Gasteiger partial charge in [0.25, 0.3) is 0 Å². The molecule has 0 aliphatic carbocycles. The van der Waals surface area contributed by atoms with Gasteiger partial charge >= 0.3 is 0 Å². The zero-order valence-corrected chi connectivity index (χ0v) is 14.4. The van der Waals surface area contributed by atoms with E-state index < -0.39 is 0 Å². The molecule has 1 aromatic heterocycles. The molecule has 126 valence electrons. The molecule has 0 saturated carbocycles. The number of hydrogen-bond donors (Lipinski definition) is 1. The first kappa shape index (κ1) is 17.6. The van der Waals surface area contributed by atoms with Gasteiger partial charge in [-0.15, -0.1) is 12.4 Å². The van der Waals surface area contributed by atoms with Crippen LogP contribution in [0, 0.1) is 0 Å². The van der Waals surface area contributed by atoms with Gasteiger partial charge in [0.15, 0.2) is 11.5 Å². The van der Waals surface area contributed by atoms with Crippen LogP contribution < -0.4 is 14.8 Å². The fourth-order valence-electron chi connectivity index (χ4n) is 2.85. The summed E-state index contributed by atoms with van der Waals surface area (Å²) in [6.07, 6.45) is 2.05. The molecule has 0 unspecified atom stereocenters. The quantitative estimate of drug-likeness (QED) is 0.923. The number of aromatic nitrogens is 2. The number of nitrogens with zero attached hydrogens (tertiary/aromatic N) is 2. The summed E-state index contributed by atoms with van der Waals surface area (Å²) in [6.45, 7) is 3.16. The molecule has 0 spiro atoms. The Morgan fingerprint density at radius 2 is 2.00 bits per heavy atom. The molecule has 1 aliphatic rings. The molecular formula is C16H22ClN3O3. The van der Waals surface area contributed by atoms with Crippen LogP contribution in [0.1, 0.15) is 31.6 Å². The second-order valence-corrected chi connectivity index (χ2v) is 5.60. The van der Waals surface area contributed by atoms with Gasteiger partial charge in [-0.2, -0.15) is 4.98 Å². The summed E-state index contributed by atoms with van der Waals surface area (Å²) in [5.41, 5.74) is 0.856. The van der Waals surface area contributed by atoms with Crippen LogP contribution in [0.5, 0.6) is 11.5 Å². The van der Waals surface area contributed by atoms with E-state index in [-0.39, 0.29) is 12.4 Å². The van der Waals surface area contributed by atoms with Gasteiger partial charge in [-0.1, -0.05) is 5.16 Å². The first-order chi connectivity index (χ1) is 10.7. The van der Waals surface area contributed by atoms with Gasteiger partial charge < -0.3 is 19.3 Å². The molecule has 1 saturated heterocycles. The van der Waals surface area contributed by atoms with Crippen LogP contribution in [0.25, 0.3) is 11.4 Å². The Labute approximate surface area is 142 Å². The van der Waals surface area contributed by atoms with Crippen molar-refractivity contribution >= 4 is 12.4 Å². The van der Waals surface area contributed by atoms with E-state index in [1.165, 1.54) is 0 Å². The van der Waals surface area contributed by atoms with Crippen molar-refractivity contribution in [2.24, 2.45) is 0 Å². The van der Waals surface area contributed by atoms with Crippen LogP contribution in [0.15, 0.2) is 22.7 Å². The fourth-order valence-corrected chi connectivity index (χ4v) is 2.85. The highest BCUT2D eigenvalue weighted by atomic mass is 35.5. The van der Waals surface area contributed by atoms with Gasteiger partial charge in [0.2, 0.25) is 11.7 Å². The molecule has 0 bridgehead atoms. The van der Waals surface area contributed by atoms with E-state index in [1.807, 2.05) is 18.2 Å². The topological polar surface area (TPSA) is 69.4 Å². The van der Waals surface area contributed by atoms with Crippen LogP contribution in [0.3, 0.4) is 0 Å². The number of hydrogen-bond acceptors (Lipinski definition) is 6. The van der Waals surface area contributed by atoms with E-state index in [9.17, 15) is 0 Å². The van der Waals surface area contributed by atoms with Crippen molar-refractivity contribution in [3.8, 4) is 22.9 Å². The van der Waals surface area contributed by atoms with Crippen molar-refractivity contribution in [3.63, 3.8) is 0 Å². The average Bonchev–Trinajstić information content (AvgIpc) is 3.04. The maximum atomic E-state index is 5.48. The minimum Gasteiger partial charge on any atom is -0.493 e. The van der Waals surface area contributed by atoms with E-state index in [0.29, 0.717) is 29.3 Å². The Morgan fingerprint density at radius 1 is 1.22 bits per heavy atom. The lowest BCUT2D eigenvalue weighted by atomic mass is 9.93. The largest absolute Gasteiger partial charge is 0.493 e. The molecule has 2 atom stereocenters. The first-order valence-corrected chi connectivity index (χ1v) is 7.50. The molecule has 23 heavy (non-hydrogen) atoms. The molecule has 1 fully saturated rings. The van der Waals surface area contributed by atoms with Gasteiger partial charge in [-0.05, 0) is 44.5 Å². The Kier molecular flexibility index (Phi) is 5.85. The second kappa shape index (κ2) is 7.66. The van der Waals surface area contributed by atoms with Crippen molar-refractivity contribution in [3.05, 3.63) is 24.1 Å². The van der Waals surface area contributed by atoms with Gasteiger partial charge in [0.1, 0.15) is 0 Å². The molecule has 3 rings (SSSR count). The maximum absolute atomic E-state index is 5.48. The monoisotopic (exact) mass is 339 g/mol. The smallest absolute Gasteiger partial charge is 0.230 e. The molecular weight excluding hydrogens is 318 g/mol. The highest BCUT2D eigenvalue weighted by Gasteiger charge is 2.25. The van der Waals surface area contributed by atoms with E-state index in [4.69, 9.17) is 14.0 Å². The SMILES string of the molecule is COc1ccc(-c2noc([C@H]3CCN[C@@H](C)C3)n2)cc1OC.Cl. The maximum Gasteiger partial charge on any atom is 0.230 e. The highest BCUT2D eigenvalue weighted by molar-refractivity contribution is 5.85. The number of piperidine rings is 1. The Balaban J connectivity index is 0.00000192. The molecule has 1 aliphatic heterocycles. The number of rotatable bonds is 4. The van der Waals surface area contributed by atoms with Gasteiger partial charge in [0, 0.05) is 17.5 Å². The standard InChI is InChI=1S/C16H21N3O3.ClH/c1-10-8-12(6-7-17-10)16-18-15(19-22-16)11-4-5-13(20-2)14(9-11)21-3;/h4-5,9-10,12,17H,6-8H2,1-3H3;1H/t10-,12-;/m0./s1. The molecule has 2 heterocycles. The zero-order chi connectivity index (χ0) is 15.5. The third-order valence-electron chi connectivity index (χ3n) is 4.06. The van der Waals surface area contributed by atoms with Gasteiger partial charge in [-0.3, -0.25) is 0 Å². The summed E-state index contributed by atoms with van der Waals surface area (Å²) in [5, 5.41) is 7.54.